The van der Waals surface area contributed by atoms with E-state index >= 15 is 0 Å². The highest BCUT2D eigenvalue weighted by Crippen LogP contribution is 2.35. The number of aromatic amines is 2. The van der Waals surface area contributed by atoms with E-state index in [1.54, 1.807) is 9.80 Å². The Kier molecular flexibility index (Phi) is 8.74. The number of nitrogens with zero attached hydrogens (tertiary/aromatic N) is 4. The molecule has 0 bridgehead atoms. The predicted molar refractivity (Wildman–Crippen MR) is 178 cm³/mol. The van der Waals surface area contributed by atoms with Gasteiger partial charge in [0.1, 0.15) is 34.3 Å². The van der Waals surface area contributed by atoms with Crippen LogP contribution in [-0.4, -0.2) is 66.2 Å². The zero-order chi connectivity index (χ0) is 33.3. The minimum atomic E-state index is -0.544. The number of hydrogen-bond acceptors (Lipinski definition) is 7. The van der Waals surface area contributed by atoms with Gasteiger partial charge in [-0.15, -0.1) is 0 Å². The highest BCUT2D eigenvalue weighted by Gasteiger charge is 2.36. The highest BCUT2D eigenvalue weighted by atomic mass is 16.6. The van der Waals surface area contributed by atoms with Crippen LogP contribution in [0, 0.1) is 0 Å². The number of amides is 2. The lowest BCUT2D eigenvalue weighted by molar-refractivity contribution is 0.0208. The Morgan fingerprint density at radius 2 is 1.04 bits per heavy atom. The van der Waals surface area contributed by atoms with E-state index in [-0.39, 0.29) is 24.3 Å². The average molecular weight is 641 g/mol. The van der Waals surface area contributed by atoms with Gasteiger partial charge in [-0.3, -0.25) is 9.80 Å². The third-order valence-corrected chi connectivity index (χ3v) is 8.12. The van der Waals surface area contributed by atoms with E-state index in [1.807, 2.05) is 102 Å². The molecule has 2 N–H and O–H groups in total. The van der Waals surface area contributed by atoms with Crippen molar-refractivity contribution >= 4 is 12.2 Å². The molecule has 0 saturated carbocycles. The maximum absolute atomic E-state index is 12.7. The largest absolute Gasteiger partial charge is 0.457 e. The molecule has 11 nitrogen and oxygen atoms in total. The van der Waals surface area contributed by atoms with Crippen LogP contribution in [0.4, 0.5) is 9.59 Å². The Labute approximate surface area is 275 Å². The second-order valence-corrected chi connectivity index (χ2v) is 14.2. The minimum absolute atomic E-state index is 0.133. The van der Waals surface area contributed by atoms with Crippen molar-refractivity contribution in [2.45, 2.75) is 90.5 Å². The van der Waals surface area contributed by atoms with Gasteiger partial charge >= 0.3 is 12.2 Å². The molecular weight excluding hydrogens is 596 g/mol. The first-order valence-electron chi connectivity index (χ1n) is 16.3. The minimum Gasteiger partial charge on any atom is -0.457 e. The Morgan fingerprint density at radius 3 is 1.40 bits per heavy atom. The molecule has 248 valence electrons. The number of aromatic nitrogens is 4. The quantitative estimate of drug-likeness (QED) is 0.217. The Morgan fingerprint density at radius 1 is 0.660 bits per heavy atom. The molecule has 2 aromatic carbocycles. The molecule has 2 aromatic heterocycles. The van der Waals surface area contributed by atoms with Gasteiger partial charge < -0.3 is 24.2 Å². The number of carbonyl (C=O) groups is 2. The number of nitrogens with one attached hydrogen (secondary N) is 2. The van der Waals surface area contributed by atoms with Crippen molar-refractivity contribution in [2.24, 2.45) is 0 Å². The molecule has 2 amide bonds. The van der Waals surface area contributed by atoms with Crippen molar-refractivity contribution in [3.63, 3.8) is 0 Å². The first kappa shape index (κ1) is 32.2. The standard InChI is InChI=1S/C36H44N6O5/c1-35(2,3)46-33(43)41-19-7-9-29(41)31-37-21-27(39-31)23-11-15-25(16-12-23)45-26-17-13-24(14-18-26)28-22-38-32(40-28)30-10-8-20-42(30)34(44)47-36(4,5)6/h11-18,21-22,29-30H,7-10,19-20H2,1-6H3,(H,37,39)(H,38,40)/t29-,30-/m0/s1. The number of benzene rings is 2. The van der Waals surface area contributed by atoms with Crippen LogP contribution in [0.15, 0.2) is 60.9 Å². The Balaban J connectivity index is 1.07. The van der Waals surface area contributed by atoms with Crippen molar-refractivity contribution in [1.29, 1.82) is 0 Å². The van der Waals surface area contributed by atoms with Crippen molar-refractivity contribution in [2.75, 3.05) is 13.1 Å². The van der Waals surface area contributed by atoms with Crippen molar-refractivity contribution in [3.8, 4) is 34.0 Å². The van der Waals surface area contributed by atoms with E-state index in [2.05, 4.69) is 9.97 Å². The molecule has 0 aliphatic carbocycles. The molecule has 4 heterocycles. The smallest absolute Gasteiger partial charge is 0.410 e. The van der Waals surface area contributed by atoms with E-state index in [1.165, 1.54) is 0 Å². The van der Waals surface area contributed by atoms with Crippen molar-refractivity contribution < 1.29 is 23.8 Å². The molecule has 2 fully saturated rings. The van der Waals surface area contributed by atoms with Crippen LogP contribution in [-0.2, 0) is 9.47 Å². The topological polar surface area (TPSA) is 126 Å². The van der Waals surface area contributed by atoms with Gasteiger partial charge in [0.25, 0.3) is 0 Å². The summed E-state index contributed by atoms with van der Waals surface area (Å²) in [7, 11) is 0. The van der Waals surface area contributed by atoms with Gasteiger partial charge in [0.05, 0.1) is 23.5 Å². The summed E-state index contributed by atoms with van der Waals surface area (Å²) >= 11 is 0. The lowest BCUT2D eigenvalue weighted by Crippen LogP contribution is -2.36. The van der Waals surface area contributed by atoms with Crippen LogP contribution in [0.5, 0.6) is 11.5 Å². The number of H-pyrrole nitrogens is 2. The Hall–Kier alpha value is -4.80. The summed E-state index contributed by atoms with van der Waals surface area (Å²) in [6.45, 7) is 12.6. The van der Waals surface area contributed by atoms with Crippen LogP contribution >= 0.6 is 0 Å². The first-order valence-corrected chi connectivity index (χ1v) is 16.3. The maximum Gasteiger partial charge on any atom is 0.410 e. The fourth-order valence-electron chi connectivity index (χ4n) is 6.01. The molecule has 0 spiro atoms. The molecule has 11 heteroatoms. The maximum atomic E-state index is 12.7. The lowest BCUT2D eigenvalue weighted by Gasteiger charge is -2.27. The Bertz CT molecular complexity index is 1570. The molecule has 6 rings (SSSR count). The van der Waals surface area contributed by atoms with Gasteiger partial charge in [0.15, 0.2) is 0 Å². The highest BCUT2D eigenvalue weighted by molar-refractivity contribution is 5.70. The fraction of sp³-hybridized carbons (Fsp3) is 0.444. The van der Waals surface area contributed by atoms with Gasteiger partial charge in [-0.05, 0) is 116 Å². The van der Waals surface area contributed by atoms with Crippen LogP contribution in [0.25, 0.3) is 22.5 Å². The van der Waals surface area contributed by atoms with Crippen LogP contribution in [0.1, 0.15) is 91.0 Å². The zero-order valence-corrected chi connectivity index (χ0v) is 28.0. The van der Waals surface area contributed by atoms with Gasteiger partial charge in [-0.1, -0.05) is 0 Å². The molecule has 2 atom stereocenters. The van der Waals surface area contributed by atoms with Crippen LogP contribution < -0.4 is 4.74 Å². The molecule has 0 unspecified atom stereocenters. The summed E-state index contributed by atoms with van der Waals surface area (Å²) in [4.78, 5) is 45.2. The molecule has 2 saturated heterocycles. The van der Waals surface area contributed by atoms with Crippen LogP contribution in [0.3, 0.4) is 0 Å². The first-order chi connectivity index (χ1) is 22.3. The number of likely N-dealkylation sites (tertiary alicyclic amines) is 2. The lowest BCUT2D eigenvalue weighted by atomic mass is 10.1. The predicted octanol–water partition coefficient (Wildman–Crippen LogP) is 8.40. The zero-order valence-electron chi connectivity index (χ0n) is 28.0. The number of ether oxygens (including phenoxy) is 3. The van der Waals surface area contributed by atoms with E-state index in [4.69, 9.17) is 24.2 Å². The summed E-state index contributed by atoms with van der Waals surface area (Å²) in [5.41, 5.74) is 2.40. The summed E-state index contributed by atoms with van der Waals surface area (Å²) < 4.78 is 17.3. The third-order valence-electron chi connectivity index (χ3n) is 8.12. The van der Waals surface area contributed by atoms with Crippen molar-refractivity contribution in [3.05, 3.63) is 72.6 Å². The van der Waals surface area contributed by atoms with E-state index in [9.17, 15) is 9.59 Å². The van der Waals surface area contributed by atoms with E-state index in [0.29, 0.717) is 24.6 Å². The monoisotopic (exact) mass is 640 g/mol. The average Bonchev–Trinajstić information content (AvgIpc) is 3.82. The third kappa shape index (κ3) is 7.61. The molecule has 2 aliphatic heterocycles. The second-order valence-electron chi connectivity index (χ2n) is 14.2. The molecule has 47 heavy (non-hydrogen) atoms. The second kappa shape index (κ2) is 12.8. The fourth-order valence-corrected chi connectivity index (χ4v) is 6.01. The summed E-state index contributed by atoms with van der Waals surface area (Å²) in [6, 6.07) is 15.3. The van der Waals surface area contributed by atoms with E-state index < -0.39 is 11.2 Å². The van der Waals surface area contributed by atoms with Gasteiger partial charge in [0, 0.05) is 36.6 Å². The number of rotatable bonds is 6. The van der Waals surface area contributed by atoms with Gasteiger partial charge in [-0.2, -0.15) is 0 Å². The van der Waals surface area contributed by atoms with Crippen LogP contribution in [0.2, 0.25) is 0 Å². The molecular formula is C36H44N6O5. The summed E-state index contributed by atoms with van der Waals surface area (Å²) in [6.07, 6.45) is 6.62. The number of imidazole rings is 2. The summed E-state index contributed by atoms with van der Waals surface area (Å²) in [5, 5.41) is 0. The molecule has 2 aliphatic rings. The number of carbonyl (C=O) groups excluding carboxylic acids is 2. The molecule has 0 radical (unpaired) electrons. The normalized spacial score (nSPS) is 18.4. The SMILES string of the molecule is CC(C)(C)OC(=O)N1CCC[C@H]1c1nc(-c2ccc(Oc3ccc(-c4c[nH]c([C@@H]5CCCN5C(=O)OC(C)(C)C)n4)cc3)cc2)c[nH]1. The van der Waals surface area contributed by atoms with Crippen molar-refractivity contribution in [1.82, 2.24) is 29.7 Å². The van der Waals surface area contributed by atoms with E-state index in [0.717, 1.165) is 59.8 Å². The van der Waals surface area contributed by atoms with Gasteiger partial charge in [-0.25, -0.2) is 19.6 Å². The molecule has 4 aromatic rings. The summed E-state index contributed by atoms with van der Waals surface area (Å²) in [5.74, 6) is 2.93. The van der Waals surface area contributed by atoms with Gasteiger partial charge in [0.2, 0.25) is 0 Å². The number of hydrogen-bond donors (Lipinski definition) is 2.